The number of alkyl halides is 3. The maximum absolute atomic E-state index is 11.6. The van der Waals surface area contributed by atoms with Gasteiger partial charge in [0.25, 0.3) is 0 Å². The van der Waals surface area contributed by atoms with E-state index in [0.717, 1.165) is 0 Å². The van der Waals surface area contributed by atoms with Crippen LogP contribution in [0.25, 0.3) is 0 Å². The number of halogens is 3. The van der Waals surface area contributed by atoms with Gasteiger partial charge in [0, 0.05) is 11.8 Å². The first kappa shape index (κ1) is 12.1. The minimum Gasteiger partial charge on any atom is -0.328 e. The van der Waals surface area contributed by atoms with Gasteiger partial charge in [-0.05, 0) is 19.3 Å². The average molecular weight is 201 g/mol. The van der Waals surface area contributed by atoms with Gasteiger partial charge in [-0.2, -0.15) is 13.2 Å². The molecule has 0 aromatic rings. The molecule has 0 fully saturated rings. The van der Waals surface area contributed by atoms with Crippen LogP contribution in [0.1, 0.15) is 20.3 Å². The molecular formula is C7H14F3NS. The third-order valence-electron chi connectivity index (χ3n) is 1.74. The SMILES string of the molecule is CC(N)C(C)CCSC(F)(F)F. The van der Waals surface area contributed by atoms with Crippen molar-refractivity contribution in [2.75, 3.05) is 5.75 Å². The number of hydrogen-bond donors (Lipinski definition) is 1. The third kappa shape index (κ3) is 6.79. The lowest BCUT2D eigenvalue weighted by Crippen LogP contribution is -2.24. The van der Waals surface area contributed by atoms with Crippen LogP contribution in [0.4, 0.5) is 13.2 Å². The highest BCUT2D eigenvalue weighted by Gasteiger charge is 2.27. The summed E-state index contributed by atoms with van der Waals surface area (Å²) in [6, 6.07) is -0.0289. The minimum atomic E-state index is -4.10. The van der Waals surface area contributed by atoms with Gasteiger partial charge in [0.15, 0.2) is 0 Å². The number of hydrogen-bond acceptors (Lipinski definition) is 2. The van der Waals surface area contributed by atoms with E-state index in [1.807, 2.05) is 13.8 Å². The molecule has 0 bridgehead atoms. The van der Waals surface area contributed by atoms with Crippen LogP contribution in [0, 0.1) is 5.92 Å². The predicted octanol–water partition coefficient (Wildman–Crippen LogP) is 2.61. The van der Waals surface area contributed by atoms with E-state index in [1.165, 1.54) is 0 Å². The highest BCUT2D eigenvalue weighted by Crippen LogP contribution is 2.31. The second-order valence-corrected chi connectivity index (χ2v) is 4.08. The first-order valence-corrected chi connectivity index (χ1v) is 4.77. The van der Waals surface area contributed by atoms with Gasteiger partial charge in [0.2, 0.25) is 0 Å². The zero-order chi connectivity index (χ0) is 9.78. The van der Waals surface area contributed by atoms with E-state index in [4.69, 9.17) is 5.73 Å². The van der Waals surface area contributed by atoms with E-state index in [2.05, 4.69) is 0 Å². The Labute approximate surface area is 74.9 Å². The van der Waals surface area contributed by atoms with Crippen LogP contribution in [0.5, 0.6) is 0 Å². The zero-order valence-electron chi connectivity index (χ0n) is 7.19. The summed E-state index contributed by atoms with van der Waals surface area (Å²) < 4.78 is 34.9. The van der Waals surface area contributed by atoms with Crippen LogP contribution in [0.2, 0.25) is 0 Å². The van der Waals surface area contributed by atoms with Gasteiger partial charge in [-0.3, -0.25) is 0 Å². The first-order chi connectivity index (χ1) is 5.33. The number of thioether (sulfide) groups is 1. The lowest BCUT2D eigenvalue weighted by Gasteiger charge is -2.15. The molecule has 74 valence electrons. The maximum Gasteiger partial charge on any atom is 0.441 e. The van der Waals surface area contributed by atoms with Crippen LogP contribution in [-0.2, 0) is 0 Å². The second-order valence-electron chi connectivity index (χ2n) is 2.92. The van der Waals surface area contributed by atoms with Crippen molar-refractivity contribution in [3.8, 4) is 0 Å². The van der Waals surface area contributed by atoms with Gasteiger partial charge in [-0.15, -0.1) is 0 Å². The Kier molecular flexibility index (Phi) is 5.01. The van der Waals surface area contributed by atoms with E-state index in [9.17, 15) is 13.2 Å². The molecule has 12 heavy (non-hydrogen) atoms. The molecule has 0 amide bonds. The summed E-state index contributed by atoms with van der Waals surface area (Å²) in [7, 11) is 0. The summed E-state index contributed by atoms with van der Waals surface area (Å²) in [4.78, 5) is 0. The first-order valence-electron chi connectivity index (χ1n) is 3.79. The Hall–Kier alpha value is 0.100. The Morgan fingerprint density at radius 2 is 1.83 bits per heavy atom. The Morgan fingerprint density at radius 3 is 2.17 bits per heavy atom. The summed E-state index contributed by atoms with van der Waals surface area (Å²) in [6.45, 7) is 3.67. The second kappa shape index (κ2) is 4.97. The predicted molar refractivity (Wildman–Crippen MR) is 45.9 cm³/mol. The lowest BCUT2D eigenvalue weighted by molar-refractivity contribution is -0.0328. The van der Waals surface area contributed by atoms with Crippen LogP contribution in [-0.4, -0.2) is 17.3 Å². The summed E-state index contributed by atoms with van der Waals surface area (Å²) in [5.41, 5.74) is 1.40. The molecule has 0 aliphatic rings. The molecule has 0 saturated carbocycles. The zero-order valence-corrected chi connectivity index (χ0v) is 8.00. The molecule has 0 spiro atoms. The number of rotatable bonds is 4. The molecule has 0 radical (unpaired) electrons. The van der Waals surface area contributed by atoms with Gasteiger partial charge >= 0.3 is 5.51 Å². The fraction of sp³-hybridized carbons (Fsp3) is 1.00. The lowest BCUT2D eigenvalue weighted by atomic mass is 10.0. The van der Waals surface area contributed by atoms with Gasteiger partial charge in [0.05, 0.1) is 0 Å². The van der Waals surface area contributed by atoms with Crippen molar-refractivity contribution in [3.05, 3.63) is 0 Å². The summed E-state index contributed by atoms with van der Waals surface area (Å²) >= 11 is 0.0237. The van der Waals surface area contributed by atoms with E-state index in [0.29, 0.717) is 6.42 Å². The minimum absolute atomic E-state index is 0.0237. The summed E-state index contributed by atoms with van der Waals surface area (Å²) in [6.07, 6.45) is 0.516. The molecule has 1 nitrogen and oxygen atoms in total. The smallest absolute Gasteiger partial charge is 0.328 e. The molecule has 0 aromatic heterocycles. The van der Waals surface area contributed by atoms with E-state index < -0.39 is 5.51 Å². The average Bonchev–Trinajstić information content (AvgIpc) is 1.84. The van der Waals surface area contributed by atoms with E-state index >= 15 is 0 Å². The van der Waals surface area contributed by atoms with Crippen molar-refractivity contribution in [1.29, 1.82) is 0 Å². The molecule has 0 aliphatic heterocycles. The van der Waals surface area contributed by atoms with E-state index in [1.54, 1.807) is 0 Å². The van der Waals surface area contributed by atoms with Crippen molar-refractivity contribution in [2.24, 2.45) is 11.7 Å². The van der Waals surface area contributed by atoms with Crippen LogP contribution >= 0.6 is 11.8 Å². The molecule has 2 N–H and O–H groups in total. The van der Waals surface area contributed by atoms with Gasteiger partial charge < -0.3 is 5.73 Å². The van der Waals surface area contributed by atoms with Crippen LogP contribution in [0.3, 0.4) is 0 Å². The standard InChI is InChI=1S/C7H14F3NS/c1-5(6(2)11)3-4-12-7(8,9)10/h5-6H,3-4,11H2,1-2H3. The highest BCUT2D eigenvalue weighted by molar-refractivity contribution is 8.00. The molecule has 5 heteroatoms. The molecule has 0 aromatic carbocycles. The molecule has 0 rings (SSSR count). The maximum atomic E-state index is 11.6. The fourth-order valence-corrected chi connectivity index (χ4v) is 1.34. The molecule has 0 heterocycles. The van der Waals surface area contributed by atoms with Crippen molar-refractivity contribution >= 4 is 11.8 Å². The third-order valence-corrected chi connectivity index (χ3v) is 2.50. The Morgan fingerprint density at radius 1 is 1.33 bits per heavy atom. The molecule has 2 atom stereocenters. The van der Waals surface area contributed by atoms with Crippen molar-refractivity contribution in [1.82, 2.24) is 0 Å². The van der Waals surface area contributed by atoms with Crippen LogP contribution < -0.4 is 5.73 Å². The molecule has 0 saturated heterocycles. The highest BCUT2D eigenvalue weighted by atomic mass is 32.2. The monoisotopic (exact) mass is 201 g/mol. The summed E-state index contributed by atoms with van der Waals surface area (Å²) in [5, 5.41) is 0. The normalized spacial score (nSPS) is 17.5. The van der Waals surface area contributed by atoms with Gasteiger partial charge in [-0.1, -0.05) is 18.7 Å². The quantitative estimate of drug-likeness (QED) is 0.756. The van der Waals surface area contributed by atoms with E-state index in [-0.39, 0.29) is 29.5 Å². The Balaban J connectivity index is 3.44. The van der Waals surface area contributed by atoms with Crippen LogP contribution in [0.15, 0.2) is 0 Å². The van der Waals surface area contributed by atoms with Crippen molar-refractivity contribution in [3.63, 3.8) is 0 Å². The molecular weight excluding hydrogens is 187 g/mol. The number of nitrogens with two attached hydrogens (primary N) is 1. The van der Waals surface area contributed by atoms with Gasteiger partial charge in [-0.25, -0.2) is 0 Å². The van der Waals surface area contributed by atoms with Crippen molar-refractivity contribution in [2.45, 2.75) is 31.8 Å². The van der Waals surface area contributed by atoms with Gasteiger partial charge in [0.1, 0.15) is 0 Å². The van der Waals surface area contributed by atoms with Crippen molar-refractivity contribution < 1.29 is 13.2 Å². The largest absolute Gasteiger partial charge is 0.441 e. The molecule has 2 unspecified atom stereocenters. The fourth-order valence-electron chi connectivity index (χ4n) is 0.623. The molecule has 0 aliphatic carbocycles. The Bertz CT molecular complexity index is 124. The topological polar surface area (TPSA) is 26.0 Å². The summed E-state index contributed by atoms with van der Waals surface area (Å²) in [5.74, 6) is 0.256.